The van der Waals surface area contributed by atoms with E-state index in [1.807, 2.05) is 37.3 Å². The van der Waals surface area contributed by atoms with Crippen LogP contribution in [-0.2, 0) is 4.79 Å². The fourth-order valence-corrected chi connectivity index (χ4v) is 1.19. The molecule has 0 atom stereocenters. The van der Waals surface area contributed by atoms with Crippen LogP contribution in [-0.4, -0.2) is 12.6 Å². The van der Waals surface area contributed by atoms with Crippen molar-refractivity contribution in [3.05, 3.63) is 30.3 Å². The second-order valence-electron chi connectivity index (χ2n) is 2.93. The van der Waals surface area contributed by atoms with Gasteiger partial charge in [-0.15, -0.1) is 0 Å². The first-order valence-corrected chi connectivity index (χ1v) is 4.64. The Bertz CT molecular complexity index is 308. The van der Waals surface area contributed by atoms with Gasteiger partial charge in [-0.1, -0.05) is 25.1 Å². The highest BCUT2D eigenvalue weighted by Gasteiger charge is 2.11. The molecule has 1 aromatic carbocycles. The Hall–Kier alpha value is -1.64. The molecule has 0 aliphatic heterocycles. The van der Waals surface area contributed by atoms with Gasteiger partial charge in [0, 0.05) is 13.1 Å². The molecule has 1 aromatic rings. The summed E-state index contributed by atoms with van der Waals surface area (Å²) >= 11 is 0. The van der Waals surface area contributed by atoms with Crippen LogP contribution < -0.4 is 5.01 Å². The van der Waals surface area contributed by atoms with Gasteiger partial charge in [0.1, 0.15) is 0 Å². The Morgan fingerprint density at radius 2 is 2.07 bits per heavy atom. The van der Waals surface area contributed by atoms with Crippen molar-refractivity contribution in [2.75, 3.05) is 5.01 Å². The first kappa shape index (κ1) is 10.4. The summed E-state index contributed by atoms with van der Waals surface area (Å²) in [5, 5.41) is 5.05. The van der Waals surface area contributed by atoms with Crippen molar-refractivity contribution >= 4 is 18.3 Å². The second kappa shape index (κ2) is 5.17. The molecule has 0 radical (unpaired) electrons. The summed E-state index contributed by atoms with van der Waals surface area (Å²) in [5.74, 6) is -0.0197. The second-order valence-corrected chi connectivity index (χ2v) is 2.93. The van der Waals surface area contributed by atoms with Gasteiger partial charge in [-0.25, -0.2) is 5.01 Å². The van der Waals surface area contributed by atoms with E-state index in [-0.39, 0.29) is 5.91 Å². The molecule has 0 heterocycles. The highest BCUT2D eigenvalue weighted by Crippen LogP contribution is 2.14. The van der Waals surface area contributed by atoms with Crippen LogP contribution in [0.25, 0.3) is 0 Å². The fourth-order valence-electron chi connectivity index (χ4n) is 1.19. The predicted molar refractivity (Wildman–Crippen MR) is 58.4 cm³/mol. The number of carbonyl (C=O) groups excluding carboxylic acids is 1. The lowest BCUT2D eigenvalue weighted by atomic mass is 10.2. The third-order valence-electron chi connectivity index (χ3n) is 1.84. The first-order valence-electron chi connectivity index (χ1n) is 4.64. The number of carbonyl (C=O) groups is 1. The Labute approximate surface area is 84.0 Å². The van der Waals surface area contributed by atoms with E-state index in [0.717, 1.165) is 12.1 Å². The molecular weight excluding hydrogens is 176 g/mol. The predicted octanol–water partition coefficient (Wildman–Crippen LogP) is 2.44. The maximum atomic E-state index is 11.6. The van der Waals surface area contributed by atoms with Gasteiger partial charge >= 0.3 is 0 Å². The minimum absolute atomic E-state index is 0.0197. The molecule has 0 spiro atoms. The molecule has 1 amide bonds. The van der Waals surface area contributed by atoms with Gasteiger partial charge in [0.05, 0.1) is 5.69 Å². The zero-order valence-electron chi connectivity index (χ0n) is 8.31. The van der Waals surface area contributed by atoms with Gasteiger partial charge < -0.3 is 0 Å². The molecule has 3 nitrogen and oxygen atoms in total. The summed E-state index contributed by atoms with van der Waals surface area (Å²) in [5.41, 5.74) is 0.765. The Balaban J connectivity index is 2.82. The molecule has 0 N–H and O–H groups in total. The van der Waals surface area contributed by atoms with Crippen LogP contribution in [0.3, 0.4) is 0 Å². The summed E-state index contributed by atoms with van der Waals surface area (Å²) in [6.07, 6.45) is 1.31. The number of rotatable bonds is 4. The van der Waals surface area contributed by atoms with Crippen LogP contribution in [0.4, 0.5) is 5.69 Å². The minimum atomic E-state index is -0.0197. The summed E-state index contributed by atoms with van der Waals surface area (Å²) < 4.78 is 0. The third kappa shape index (κ3) is 2.42. The normalized spacial score (nSPS) is 9.50. The summed E-state index contributed by atoms with van der Waals surface area (Å²) in [6, 6.07) is 9.30. The fraction of sp³-hybridized carbons (Fsp3) is 0.273. The van der Waals surface area contributed by atoms with Crippen LogP contribution in [0.1, 0.15) is 19.8 Å². The Morgan fingerprint density at radius 3 is 2.57 bits per heavy atom. The average Bonchev–Trinajstić information content (AvgIpc) is 2.21. The van der Waals surface area contributed by atoms with E-state index in [4.69, 9.17) is 0 Å². The summed E-state index contributed by atoms with van der Waals surface area (Å²) in [6.45, 7) is 5.36. The lowest BCUT2D eigenvalue weighted by molar-refractivity contribution is -0.118. The van der Waals surface area contributed by atoms with Gasteiger partial charge in [-0.3, -0.25) is 4.79 Å². The molecular formula is C11H14N2O. The van der Waals surface area contributed by atoms with Crippen LogP contribution >= 0.6 is 0 Å². The molecule has 0 aliphatic carbocycles. The third-order valence-corrected chi connectivity index (χ3v) is 1.84. The number of nitrogens with zero attached hydrogens (tertiary/aromatic N) is 2. The summed E-state index contributed by atoms with van der Waals surface area (Å²) in [7, 11) is 0. The Kier molecular flexibility index (Phi) is 3.85. The zero-order chi connectivity index (χ0) is 10.4. The number of amides is 1. The maximum Gasteiger partial charge on any atom is 0.247 e. The van der Waals surface area contributed by atoms with Crippen LogP contribution in [0.5, 0.6) is 0 Å². The van der Waals surface area contributed by atoms with Crippen molar-refractivity contribution < 1.29 is 4.79 Å². The van der Waals surface area contributed by atoms with E-state index in [0.29, 0.717) is 6.42 Å². The van der Waals surface area contributed by atoms with Gasteiger partial charge in [-0.05, 0) is 18.6 Å². The number of benzene rings is 1. The van der Waals surface area contributed by atoms with Crippen LogP contribution in [0.15, 0.2) is 35.4 Å². The van der Waals surface area contributed by atoms with E-state index in [1.165, 1.54) is 5.01 Å². The number of para-hydroxylation sites is 1. The maximum absolute atomic E-state index is 11.6. The van der Waals surface area contributed by atoms with Gasteiger partial charge in [0.15, 0.2) is 0 Å². The van der Waals surface area contributed by atoms with E-state index in [9.17, 15) is 4.79 Å². The molecule has 0 saturated heterocycles. The smallest absolute Gasteiger partial charge is 0.247 e. The zero-order valence-corrected chi connectivity index (χ0v) is 8.31. The van der Waals surface area contributed by atoms with E-state index < -0.39 is 0 Å². The standard InChI is InChI=1S/C11H14N2O/c1-3-7-11(14)13(12-2)10-8-5-4-6-9-10/h4-6,8-9H,2-3,7H2,1H3. The molecule has 0 bridgehead atoms. The van der Waals surface area contributed by atoms with Crippen molar-refractivity contribution in [2.45, 2.75) is 19.8 Å². The molecule has 0 unspecified atom stereocenters. The number of hydrogen-bond acceptors (Lipinski definition) is 2. The van der Waals surface area contributed by atoms with Crippen molar-refractivity contribution in [1.82, 2.24) is 0 Å². The average molecular weight is 190 g/mol. The lowest BCUT2D eigenvalue weighted by Crippen LogP contribution is -2.24. The van der Waals surface area contributed by atoms with Crippen molar-refractivity contribution in [3.8, 4) is 0 Å². The Morgan fingerprint density at radius 1 is 1.43 bits per heavy atom. The molecule has 0 fully saturated rings. The van der Waals surface area contributed by atoms with Gasteiger partial charge in [0.25, 0.3) is 0 Å². The number of anilines is 1. The quantitative estimate of drug-likeness (QED) is 0.530. The highest BCUT2D eigenvalue weighted by atomic mass is 16.2. The van der Waals surface area contributed by atoms with Gasteiger partial charge in [-0.2, -0.15) is 5.10 Å². The van der Waals surface area contributed by atoms with E-state index in [2.05, 4.69) is 11.8 Å². The highest BCUT2D eigenvalue weighted by molar-refractivity contribution is 5.93. The van der Waals surface area contributed by atoms with Crippen molar-refractivity contribution in [3.63, 3.8) is 0 Å². The SMILES string of the molecule is C=NN(C(=O)CCC)c1ccccc1. The molecule has 3 heteroatoms. The number of hydrazone groups is 1. The summed E-state index contributed by atoms with van der Waals surface area (Å²) in [4.78, 5) is 11.6. The molecule has 0 saturated carbocycles. The van der Waals surface area contributed by atoms with E-state index >= 15 is 0 Å². The molecule has 0 aliphatic rings. The largest absolute Gasteiger partial charge is 0.273 e. The monoisotopic (exact) mass is 190 g/mol. The van der Waals surface area contributed by atoms with Gasteiger partial charge in [0.2, 0.25) is 5.91 Å². The number of hydrogen-bond donors (Lipinski definition) is 0. The molecule has 14 heavy (non-hydrogen) atoms. The van der Waals surface area contributed by atoms with E-state index in [1.54, 1.807) is 0 Å². The lowest BCUT2D eigenvalue weighted by Gasteiger charge is -2.15. The van der Waals surface area contributed by atoms with Crippen molar-refractivity contribution in [2.24, 2.45) is 5.10 Å². The van der Waals surface area contributed by atoms with Crippen LogP contribution in [0.2, 0.25) is 0 Å². The minimum Gasteiger partial charge on any atom is -0.273 e. The van der Waals surface area contributed by atoms with Crippen LogP contribution in [0, 0.1) is 0 Å². The molecule has 1 rings (SSSR count). The topological polar surface area (TPSA) is 32.7 Å². The molecule has 74 valence electrons. The van der Waals surface area contributed by atoms with Crippen molar-refractivity contribution in [1.29, 1.82) is 0 Å². The first-order chi connectivity index (χ1) is 6.79. The molecule has 0 aromatic heterocycles.